The number of nitrogen functional groups attached to an aromatic ring is 1. The van der Waals surface area contributed by atoms with Crippen LogP contribution < -0.4 is 10.5 Å². The van der Waals surface area contributed by atoms with Crippen molar-refractivity contribution in [1.29, 1.82) is 5.26 Å². The first-order chi connectivity index (χ1) is 5.77. The zero-order chi connectivity index (χ0) is 8.97. The summed E-state index contributed by atoms with van der Waals surface area (Å²) in [6, 6.07) is 5.32. The minimum atomic E-state index is 0.211. The molecule has 1 heterocycles. The first-order valence-corrected chi connectivity index (χ1v) is 3.44. The first-order valence-electron chi connectivity index (χ1n) is 3.44. The summed E-state index contributed by atoms with van der Waals surface area (Å²) >= 11 is 0. The molecule has 0 saturated carbocycles. The maximum absolute atomic E-state index is 8.42. The smallest absolute Gasteiger partial charge is 0.213 e. The molecule has 2 N–H and O–H groups in total. The molecule has 62 valence electrons. The van der Waals surface area contributed by atoms with Crippen molar-refractivity contribution in [2.45, 2.75) is 6.42 Å². The zero-order valence-corrected chi connectivity index (χ0v) is 6.74. The van der Waals surface area contributed by atoms with Crippen molar-refractivity contribution in [3.05, 3.63) is 17.8 Å². The molecule has 1 aromatic heterocycles. The molecular formula is C8H9N3O. The van der Waals surface area contributed by atoms with Crippen LogP contribution in [0.1, 0.15) is 5.69 Å². The third kappa shape index (κ3) is 1.64. The van der Waals surface area contributed by atoms with Crippen molar-refractivity contribution < 1.29 is 4.74 Å². The molecule has 0 bridgehead atoms. The highest BCUT2D eigenvalue weighted by Crippen LogP contribution is 2.14. The number of ether oxygens (including phenoxy) is 1. The van der Waals surface area contributed by atoms with E-state index in [1.807, 2.05) is 6.07 Å². The number of hydrogen-bond donors (Lipinski definition) is 1. The number of nitriles is 1. The lowest BCUT2D eigenvalue weighted by molar-refractivity contribution is 0.397. The summed E-state index contributed by atoms with van der Waals surface area (Å²) in [6.07, 6.45) is 0.211. The molecule has 0 amide bonds. The van der Waals surface area contributed by atoms with Gasteiger partial charge in [-0.05, 0) is 6.07 Å². The Morgan fingerprint density at radius 2 is 2.42 bits per heavy atom. The van der Waals surface area contributed by atoms with Crippen LogP contribution in [0.2, 0.25) is 0 Å². The fourth-order valence-electron chi connectivity index (χ4n) is 0.822. The normalized spacial score (nSPS) is 9.00. The van der Waals surface area contributed by atoms with Gasteiger partial charge in [0.1, 0.15) is 0 Å². The van der Waals surface area contributed by atoms with Gasteiger partial charge in [-0.15, -0.1) is 0 Å². The number of nitrogens with zero attached hydrogens (tertiary/aromatic N) is 2. The maximum atomic E-state index is 8.42. The summed E-state index contributed by atoms with van der Waals surface area (Å²) in [7, 11) is 1.52. The van der Waals surface area contributed by atoms with Crippen molar-refractivity contribution in [3.8, 4) is 11.9 Å². The number of methoxy groups -OCH3 is 1. The highest BCUT2D eigenvalue weighted by Gasteiger charge is 2.01. The molecule has 0 aliphatic heterocycles. The minimum absolute atomic E-state index is 0.211. The lowest BCUT2D eigenvalue weighted by Crippen LogP contribution is -1.98. The van der Waals surface area contributed by atoms with E-state index in [1.165, 1.54) is 7.11 Å². The Labute approximate surface area is 70.6 Å². The van der Waals surface area contributed by atoms with Crippen LogP contribution in [0.4, 0.5) is 5.69 Å². The number of aromatic nitrogens is 1. The SMILES string of the molecule is COc1ccc(N)c(CC#N)n1. The van der Waals surface area contributed by atoms with Crippen LogP contribution in [-0.4, -0.2) is 12.1 Å². The molecule has 0 saturated heterocycles. The van der Waals surface area contributed by atoms with Gasteiger partial charge in [-0.2, -0.15) is 5.26 Å². The monoisotopic (exact) mass is 163 g/mol. The summed E-state index contributed by atoms with van der Waals surface area (Å²) in [4.78, 5) is 4.01. The van der Waals surface area contributed by atoms with E-state index >= 15 is 0 Å². The molecule has 0 aromatic carbocycles. The zero-order valence-electron chi connectivity index (χ0n) is 6.74. The Balaban J connectivity index is 3.01. The lowest BCUT2D eigenvalue weighted by Gasteiger charge is -2.02. The van der Waals surface area contributed by atoms with Crippen molar-refractivity contribution >= 4 is 5.69 Å². The van der Waals surface area contributed by atoms with E-state index in [-0.39, 0.29) is 6.42 Å². The highest BCUT2D eigenvalue weighted by molar-refractivity contribution is 5.45. The Hall–Kier alpha value is -1.76. The highest BCUT2D eigenvalue weighted by atomic mass is 16.5. The van der Waals surface area contributed by atoms with E-state index in [4.69, 9.17) is 15.7 Å². The van der Waals surface area contributed by atoms with Crippen LogP contribution in [0.15, 0.2) is 12.1 Å². The van der Waals surface area contributed by atoms with Crippen LogP contribution in [0.3, 0.4) is 0 Å². The molecule has 0 fully saturated rings. The summed E-state index contributed by atoms with van der Waals surface area (Å²) in [5.41, 5.74) is 6.65. The molecule has 0 radical (unpaired) electrons. The molecule has 0 unspecified atom stereocenters. The average molecular weight is 163 g/mol. The Bertz CT molecular complexity index is 317. The van der Waals surface area contributed by atoms with E-state index < -0.39 is 0 Å². The molecular weight excluding hydrogens is 154 g/mol. The Morgan fingerprint density at radius 1 is 1.67 bits per heavy atom. The second-order valence-electron chi connectivity index (χ2n) is 2.22. The molecule has 4 heteroatoms. The van der Waals surface area contributed by atoms with Crippen LogP contribution in [0, 0.1) is 11.3 Å². The summed E-state index contributed by atoms with van der Waals surface area (Å²) in [5.74, 6) is 0.481. The van der Waals surface area contributed by atoms with E-state index in [0.717, 1.165) is 0 Å². The van der Waals surface area contributed by atoms with Gasteiger partial charge in [0.2, 0.25) is 5.88 Å². The van der Waals surface area contributed by atoms with Crippen LogP contribution in [0.25, 0.3) is 0 Å². The largest absolute Gasteiger partial charge is 0.481 e. The molecule has 12 heavy (non-hydrogen) atoms. The van der Waals surface area contributed by atoms with Gasteiger partial charge < -0.3 is 10.5 Å². The predicted octanol–water partition coefficient (Wildman–Crippen LogP) is 0.738. The molecule has 1 rings (SSSR count). The van der Waals surface area contributed by atoms with Crippen LogP contribution in [0.5, 0.6) is 5.88 Å². The number of hydrogen-bond acceptors (Lipinski definition) is 4. The van der Waals surface area contributed by atoms with E-state index in [0.29, 0.717) is 17.3 Å². The van der Waals surface area contributed by atoms with Crippen molar-refractivity contribution in [2.75, 3.05) is 12.8 Å². The van der Waals surface area contributed by atoms with Gasteiger partial charge in [0, 0.05) is 6.07 Å². The van der Waals surface area contributed by atoms with Gasteiger partial charge in [0.15, 0.2) is 0 Å². The van der Waals surface area contributed by atoms with Gasteiger partial charge in [-0.3, -0.25) is 0 Å². The van der Waals surface area contributed by atoms with Gasteiger partial charge in [0.25, 0.3) is 0 Å². The van der Waals surface area contributed by atoms with Crippen LogP contribution in [-0.2, 0) is 6.42 Å². The second kappa shape index (κ2) is 3.58. The van der Waals surface area contributed by atoms with Crippen molar-refractivity contribution in [1.82, 2.24) is 4.98 Å². The first kappa shape index (κ1) is 8.34. The van der Waals surface area contributed by atoms with Gasteiger partial charge in [-0.1, -0.05) is 0 Å². The number of rotatable bonds is 2. The molecule has 0 aliphatic carbocycles. The van der Waals surface area contributed by atoms with E-state index in [9.17, 15) is 0 Å². The van der Waals surface area contributed by atoms with Crippen molar-refractivity contribution in [3.63, 3.8) is 0 Å². The summed E-state index contributed by atoms with van der Waals surface area (Å²) < 4.78 is 4.88. The fraction of sp³-hybridized carbons (Fsp3) is 0.250. The lowest BCUT2D eigenvalue weighted by atomic mass is 10.2. The standard InChI is InChI=1S/C8H9N3O/c1-12-8-3-2-6(10)7(11-8)4-5-9/h2-3H,4,10H2,1H3. The Morgan fingerprint density at radius 3 is 3.00 bits per heavy atom. The minimum Gasteiger partial charge on any atom is -0.481 e. The second-order valence-corrected chi connectivity index (χ2v) is 2.22. The third-order valence-electron chi connectivity index (χ3n) is 1.44. The number of nitrogens with two attached hydrogens (primary N) is 1. The third-order valence-corrected chi connectivity index (χ3v) is 1.44. The van der Waals surface area contributed by atoms with Crippen molar-refractivity contribution in [2.24, 2.45) is 0 Å². The van der Waals surface area contributed by atoms with Gasteiger partial charge >= 0.3 is 0 Å². The molecule has 0 aliphatic rings. The molecule has 1 aromatic rings. The Kier molecular flexibility index (Phi) is 2.49. The quantitative estimate of drug-likeness (QED) is 0.697. The topological polar surface area (TPSA) is 71.9 Å². The number of pyridine rings is 1. The fourth-order valence-corrected chi connectivity index (χ4v) is 0.822. The molecule has 4 nitrogen and oxygen atoms in total. The predicted molar refractivity (Wildman–Crippen MR) is 44.5 cm³/mol. The summed E-state index contributed by atoms with van der Waals surface area (Å²) in [6.45, 7) is 0. The average Bonchev–Trinajstić information content (AvgIpc) is 2.09. The van der Waals surface area contributed by atoms with Gasteiger partial charge in [0.05, 0.1) is 31.0 Å². The van der Waals surface area contributed by atoms with E-state index in [1.54, 1.807) is 12.1 Å². The van der Waals surface area contributed by atoms with E-state index in [2.05, 4.69) is 4.98 Å². The molecule has 0 atom stereocenters. The van der Waals surface area contributed by atoms with Gasteiger partial charge in [-0.25, -0.2) is 4.98 Å². The molecule has 0 spiro atoms. The van der Waals surface area contributed by atoms with Crippen LogP contribution >= 0.6 is 0 Å². The summed E-state index contributed by atoms with van der Waals surface area (Å²) in [5, 5.41) is 8.42. The maximum Gasteiger partial charge on any atom is 0.213 e. The number of anilines is 1.